The number of esters is 1. The first-order valence-corrected chi connectivity index (χ1v) is 8.30. The average Bonchev–Trinajstić information content (AvgIpc) is 2.63. The van der Waals surface area contributed by atoms with Gasteiger partial charge in [-0.1, -0.05) is 34.8 Å². The van der Waals surface area contributed by atoms with Crippen LogP contribution in [0.1, 0.15) is 10.4 Å². The standard InChI is InChI=1S/C16H11Cl3N2O6/c1-26-16(23)8-2-3-14(13(4-8)21(24)25)27-7-15(22)20-12-6-10(18)9(17)5-11(12)19/h2-6H,7H2,1H3,(H,20,22). The van der Waals surface area contributed by atoms with Gasteiger partial charge in [0.1, 0.15) is 0 Å². The highest BCUT2D eigenvalue weighted by atomic mass is 35.5. The lowest BCUT2D eigenvalue weighted by atomic mass is 10.2. The van der Waals surface area contributed by atoms with Crippen LogP contribution in [0.3, 0.4) is 0 Å². The molecule has 27 heavy (non-hydrogen) atoms. The highest BCUT2D eigenvalue weighted by Gasteiger charge is 2.20. The van der Waals surface area contributed by atoms with Crippen molar-refractivity contribution < 1.29 is 24.0 Å². The third-order valence-corrected chi connectivity index (χ3v) is 4.25. The molecule has 0 spiro atoms. The van der Waals surface area contributed by atoms with Crippen molar-refractivity contribution in [1.29, 1.82) is 0 Å². The number of nitro groups is 1. The number of carbonyl (C=O) groups is 2. The Morgan fingerprint density at radius 3 is 2.41 bits per heavy atom. The van der Waals surface area contributed by atoms with Gasteiger partial charge in [0.15, 0.2) is 12.4 Å². The SMILES string of the molecule is COC(=O)c1ccc(OCC(=O)Nc2cc(Cl)c(Cl)cc2Cl)c([N+](=O)[O-])c1. The van der Waals surface area contributed by atoms with Crippen molar-refractivity contribution in [3.63, 3.8) is 0 Å². The van der Waals surface area contributed by atoms with Gasteiger partial charge in [0.05, 0.1) is 38.4 Å². The fourth-order valence-electron chi connectivity index (χ4n) is 1.97. The molecule has 0 heterocycles. The van der Waals surface area contributed by atoms with E-state index in [-0.39, 0.29) is 32.1 Å². The Morgan fingerprint density at radius 2 is 1.78 bits per heavy atom. The zero-order valence-corrected chi connectivity index (χ0v) is 15.9. The summed E-state index contributed by atoms with van der Waals surface area (Å²) in [4.78, 5) is 33.9. The summed E-state index contributed by atoms with van der Waals surface area (Å²) >= 11 is 17.6. The quantitative estimate of drug-likeness (QED) is 0.314. The summed E-state index contributed by atoms with van der Waals surface area (Å²) in [5.74, 6) is -1.57. The number of hydrogen-bond acceptors (Lipinski definition) is 6. The molecule has 142 valence electrons. The summed E-state index contributed by atoms with van der Waals surface area (Å²) < 4.78 is 9.69. The zero-order chi connectivity index (χ0) is 20.1. The Labute approximate surface area is 168 Å². The van der Waals surface area contributed by atoms with Crippen LogP contribution < -0.4 is 10.1 Å². The fraction of sp³-hybridized carbons (Fsp3) is 0.125. The lowest BCUT2D eigenvalue weighted by molar-refractivity contribution is -0.385. The molecule has 8 nitrogen and oxygen atoms in total. The second kappa shape index (κ2) is 8.90. The number of methoxy groups -OCH3 is 1. The maximum atomic E-state index is 12.0. The van der Waals surface area contributed by atoms with Gasteiger partial charge in [-0.05, 0) is 24.3 Å². The first kappa shape index (κ1) is 20.8. The molecule has 0 saturated carbocycles. The number of hydrogen-bond donors (Lipinski definition) is 1. The molecule has 1 amide bonds. The molecule has 0 unspecified atom stereocenters. The Balaban J connectivity index is 2.12. The molecule has 0 atom stereocenters. The Bertz CT molecular complexity index is 919. The van der Waals surface area contributed by atoms with E-state index in [1.54, 1.807) is 0 Å². The number of benzene rings is 2. The van der Waals surface area contributed by atoms with E-state index in [1.165, 1.54) is 24.3 Å². The van der Waals surface area contributed by atoms with Crippen molar-refractivity contribution in [2.24, 2.45) is 0 Å². The van der Waals surface area contributed by atoms with E-state index in [1.807, 2.05) is 0 Å². The van der Waals surface area contributed by atoms with Crippen LogP contribution >= 0.6 is 34.8 Å². The topological polar surface area (TPSA) is 108 Å². The van der Waals surface area contributed by atoms with E-state index < -0.39 is 29.1 Å². The summed E-state index contributed by atoms with van der Waals surface area (Å²) in [6.07, 6.45) is 0. The number of nitrogens with zero attached hydrogens (tertiary/aromatic N) is 1. The number of amides is 1. The van der Waals surface area contributed by atoms with E-state index >= 15 is 0 Å². The van der Waals surface area contributed by atoms with Crippen LogP contribution in [0.25, 0.3) is 0 Å². The van der Waals surface area contributed by atoms with Crippen LogP contribution in [0.5, 0.6) is 5.75 Å². The Hall–Kier alpha value is -2.55. The van der Waals surface area contributed by atoms with Crippen molar-refractivity contribution in [2.45, 2.75) is 0 Å². The molecule has 0 aromatic heterocycles. The van der Waals surface area contributed by atoms with E-state index in [2.05, 4.69) is 10.1 Å². The van der Waals surface area contributed by atoms with E-state index in [9.17, 15) is 19.7 Å². The molecule has 0 aliphatic rings. The molecule has 2 aromatic carbocycles. The predicted molar refractivity (Wildman–Crippen MR) is 100 cm³/mol. The number of nitro benzene ring substituents is 1. The first-order valence-electron chi connectivity index (χ1n) is 7.17. The summed E-state index contributed by atoms with van der Waals surface area (Å²) in [7, 11) is 1.15. The summed E-state index contributed by atoms with van der Waals surface area (Å²) in [5, 5.41) is 14.2. The molecule has 0 aliphatic carbocycles. The second-order valence-electron chi connectivity index (χ2n) is 5.01. The van der Waals surface area contributed by atoms with Crippen LogP contribution in [-0.2, 0) is 9.53 Å². The van der Waals surface area contributed by atoms with Gasteiger partial charge < -0.3 is 14.8 Å². The monoisotopic (exact) mass is 432 g/mol. The Kier molecular flexibility index (Phi) is 6.84. The van der Waals surface area contributed by atoms with Crippen molar-refractivity contribution in [3.05, 3.63) is 61.1 Å². The molecule has 0 aliphatic heterocycles. The minimum absolute atomic E-state index is 0.0245. The zero-order valence-electron chi connectivity index (χ0n) is 13.6. The molecular formula is C16H11Cl3N2O6. The molecule has 0 bridgehead atoms. The third-order valence-electron chi connectivity index (χ3n) is 3.22. The number of carbonyl (C=O) groups excluding carboxylic acids is 2. The normalized spacial score (nSPS) is 10.2. The van der Waals surface area contributed by atoms with Crippen LogP contribution in [0, 0.1) is 10.1 Å². The molecule has 0 saturated heterocycles. The number of halogens is 3. The van der Waals surface area contributed by atoms with Crippen LogP contribution in [-0.4, -0.2) is 30.5 Å². The average molecular weight is 434 g/mol. The summed E-state index contributed by atoms with van der Waals surface area (Å²) in [6, 6.07) is 6.19. The van der Waals surface area contributed by atoms with Gasteiger partial charge in [0.2, 0.25) is 0 Å². The molecule has 0 radical (unpaired) electrons. The van der Waals surface area contributed by atoms with Crippen LogP contribution in [0.4, 0.5) is 11.4 Å². The second-order valence-corrected chi connectivity index (χ2v) is 6.24. The van der Waals surface area contributed by atoms with E-state index in [0.29, 0.717) is 0 Å². The maximum Gasteiger partial charge on any atom is 0.338 e. The molecular weight excluding hydrogens is 423 g/mol. The molecule has 2 rings (SSSR count). The molecule has 0 fully saturated rings. The van der Waals surface area contributed by atoms with Gasteiger partial charge in [0.25, 0.3) is 5.91 Å². The van der Waals surface area contributed by atoms with Crippen LogP contribution in [0.15, 0.2) is 30.3 Å². The van der Waals surface area contributed by atoms with Crippen molar-refractivity contribution in [2.75, 3.05) is 19.0 Å². The minimum Gasteiger partial charge on any atom is -0.477 e. The fourth-order valence-corrected chi connectivity index (χ4v) is 2.57. The highest BCUT2D eigenvalue weighted by Crippen LogP contribution is 2.32. The van der Waals surface area contributed by atoms with Crippen molar-refractivity contribution in [1.82, 2.24) is 0 Å². The number of anilines is 1. The Morgan fingerprint density at radius 1 is 1.11 bits per heavy atom. The minimum atomic E-state index is -0.741. The van der Waals surface area contributed by atoms with E-state index in [0.717, 1.165) is 13.2 Å². The van der Waals surface area contributed by atoms with Gasteiger partial charge in [-0.3, -0.25) is 14.9 Å². The summed E-state index contributed by atoms with van der Waals surface area (Å²) in [5.41, 5.74) is -0.308. The lowest BCUT2D eigenvalue weighted by Crippen LogP contribution is -2.20. The first-order chi connectivity index (χ1) is 12.7. The van der Waals surface area contributed by atoms with Crippen molar-refractivity contribution in [3.8, 4) is 5.75 Å². The summed E-state index contributed by atoms with van der Waals surface area (Å²) in [6.45, 7) is -0.547. The largest absolute Gasteiger partial charge is 0.477 e. The van der Waals surface area contributed by atoms with E-state index in [4.69, 9.17) is 39.5 Å². The van der Waals surface area contributed by atoms with Gasteiger partial charge in [-0.25, -0.2) is 4.79 Å². The molecule has 2 aromatic rings. The van der Waals surface area contributed by atoms with Crippen molar-refractivity contribution >= 4 is 58.1 Å². The predicted octanol–water partition coefficient (Wildman–Crippen LogP) is 4.36. The smallest absolute Gasteiger partial charge is 0.338 e. The molecule has 1 N–H and O–H groups in total. The molecule has 11 heteroatoms. The number of nitrogens with one attached hydrogen (secondary N) is 1. The maximum absolute atomic E-state index is 12.0. The van der Waals surface area contributed by atoms with Gasteiger partial charge >= 0.3 is 11.7 Å². The van der Waals surface area contributed by atoms with Gasteiger partial charge in [0, 0.05) is 6.07 Å². The lowest BCUT2D eigenvalue weighted by Gasteiger charge is -2.10. The number of rotatable bonds is 6. The van der Waals surface area contributed by atoms with Gasteiger partial charge in [-0.2, -0.15) is 0 Å². The van der Waals surface area contributed by atoms with Crippen LogP contribution in [0.2, 0.25) is 15.1 Å². The van der Waals surface area contributed by atoms with Gasteiger partial charge in [-0.15, -0.1) is 0 Å². The number of ether oxygens (including phenoxy) is 2. The highest BCUT2D eigenvalue weighted by molar-refractivity contribution is 6.44. The third kappa shape index (κ3) is 5.22.